The molecule has 1 aliphatic rings. The van der Waals surface area contributed by atoms with E-state index in [4.69, 9.17) is 9.47 Å². The van der Waals surface area contributed by atoms with Crippen molar-refractivity contribution in [2.24, 2.45) is 5.92 Å². The summed E-state index contributed by atoms with van der Waals surface area (Å²) in [6.45, 7) is 1.99. The molecule has 0 spiro atoms. The van der Waals surface area contributed by atoms with Crippen molar-refractivity contribution in [1.29, 1.82) is 0 Å². The number of benzene rings is 2. The second-order valence-corrected chi connectivity index (χ2v) is 6.21. The summed E-state index contributed by atoms with van der Waals surface area (Å²) in [6.07, 6.45) is 0.495. The lowest BCUT2D eigenvalue weighted by Crippen LogP contribution is -2.41. The van der Waals surface area contributed by atoms with E-state index in [-0.39, 0.29) is 23.8 Å². The van der Waals surface area contributed by atoms with E-state index in [0.29, 0.717) is 6.42 Å². The fourth-order valence-corrected chi connectivity index (χ4v) is 3.29. The van der Waals surface area contributed by atoms with Crippen LogP contribution in [0.3, 0.4) is 0 Å². The van der Waals surface area contributed by atoms with E-state index in [1.165, 1.54) is 0 Å². The summed E-state index contributed by atoms with van der Waals surface area (Å²) in [7, 11) is 3.31. The summed E-state index contributed by atoms with van der Waals surface area (Å²) in [5.41, 5.74) is 2.14. The minimum absolute atomic E-state index is 0.0139. The number of ketones is 1. The van der Waals surface area contributed by atoms with Crippen LogP contribution in [0.4, 0.5) is 0 Å². The van der Waals surface area contributed by atoms with Gasteiger partial charge in [-0.15, -0.1) is 0 Å². The Morgan fingerprint density at radius 2 is 1.54 bits per heavy atom. The minimum Gasteiger partial charge on any atom is -0.497 e. The van der Waals surface area contributed by atoms with Crippen LogP contribution >= 0.6 is 0 Å². The number of rotatable bonds is 4. The van der Waals surface area contributed by atoms with Gasteiger partial charge in [0.1, 0.15) is 17.3 Å². The van der Waals surface area contributed by atoms with Crippen LogP contribution in [0.15, 0.2) is 48.5 Å². The molecule has 0 amide bonds. The number of carbonyl (C=O) groups is 1. The Labute approximate surface area is 142 Å². The van der Waals surface area contributed by atoms with Crippen LogP contribution in [-0.4, -0.2) is 20.0 Å². The average Bonchev–Trinajstić information content (AvgIpc) is 2.64. The molecule has 0 unspecified atom stereocenters. The number of methoxy groups -OCH3 is 2. The first kappa shape index (κ1) is 16.5. The van der Waals surface area contributed by atoms with Gasteiger partial charge in [-0.2, -0.15) is 0 Å². The normalized spacial score (nSPS) is 23.8. The van der Waals surface area contributed by atoms with Crippen LogP contribution in [-0.2, 0) is 4.79 Å². The number of hydrogen-bond acceptors (Lipinski definition) is 4. The van der Waals surface area contributed by atoms with E-state index in [1.807, 2.05) is 55.5 Å². The van der Waals surface area contributed by atoms with E-state index in [2.05, 4.69) is 5.32 Å². The Balaban J connectivity index is 1.90. The van der Waals surface area contributed by atoms with Crippen LogP contribution in [0.5, 0.6) is 11.5 Å². The molecule has 1 N–H and O–H groups in total. The molecule has 0 radical (unpaired) electrons. The van der Waals surface area contributed by atoms with Gasteiger partial charge in [0.25, 0.3) is 0 Å². The van der Waals surface area contributed by atoms with Crippen molar-refractivity contribution < 1.29 is 14.3 Å². The van der Waals surface area contributed by atoms with Crippen LogP contribution < -0.4 is 14.8 Å². The maximum Gasteiger partial charge on any atom is 0.139 e. The van der Waals surface area contributed by atoms with E-state index in [1.54, 1.807) is 14.2 Å². The summed E-state index contributed by atoms with van der Waals surface area (Å²) in [4.78, 5) is 12.6. The molecule has 0 aromatic heterocycles. The van der Waals surface area contributed by atoms with Crippen LogP contribution in [0, 0.1) is 5.92 Å². The lowest BCUT2D eigenvalue weighted by atomic mass is 9.82. The van der Waals surface area contributed by atoms with E-state index in [0.717, 1.165) is 22.6 Å². The topological polar surface area (TPSA) is 47.6 Å². The molecular formula is C20H23NO3. The second kappa shape index (κ2) is 7.05. The summed E-state index contributed by atoms with van der Waals surface area (Å²) in [5.74, 6) is 1.81. The number of nitrogens with one attached hydrogen (secondary N) is 1. The van der Waals surface area contributed by atoms with E-state index < -0.39 is 0 Å². The summed E-state index contributed by atoms with van der Waals surface area (Å²) >= 11 is 0. The van der Waals surface area contributed by atoms with Gasteiger partial charge < -0.3 is 14.8 Å². The molecule has 1 saturated heterocycles. The smallest absolute Gasteiger partial charge is 0.139 e. The van der Waals surface area contributed by atoms with Crippen molar-refractivity contribution in [1.82, 2.24) is 5.32 Å². The molecule has 3 atom stereocenters. The Bertz CT molecular complexity index is 728. The van der Waals surface area contributed by atoms with E-state index >= 15 is 0 Å². The van der Waals surface area contributed by atoms with Gasteiger partial charge in [-0.25, -0.2) is 0 Å². The molecule has 126 valence electrons. The SMILES string of the molecule is COc1cccc([C@H]2N[C@@H](c3cccc(OC)c3)CC(=O)[C@@H]2C)c1. The molecular weight excluding hydrogens is 302 g/mol. The molecule has 4 heteroatoms. The largest absolute Gasteiger partial charge is 0.497 e. The Kier molecular flexibility index (Phi) is 4.86. The molecule has 2 aromatic rings. The van der Waals surface area contributed by atoms with Crippen molar-refractivity contribution in [3.8, 4) is 11.5 Å². The molecule has 1 aliphatic heterocycles. The highest BCUT2D eigenvalue weighted by Crippen LogP contribution is 2.36. The zero-order chi connectivity index (χ0) is 17.1. The van der Waals surface area contributed by atoms with Crippen molar-refractivity contribution in [2.75, 3.05) is 14.2 Å². The first-order valence-electron chi connectivity index (χ1n) is 8.19. The Morgan fingerprint density at radius 1 is 0.958 bits per heavy atom. The molecule has 2 aromatic carbocycles. The summed E-state index contributed by atoms with van der Waals surface area (Å²) in [6, 6.07) is 15.8. The van der Waals surface area contributed by atoms with Crippen molar-refractivity contribution in [3.63, 3.8) is 0 Å². The molecule has 0 saturated carbocycles. The first-order valence-corrected chi connectivity index (χ1v) is 8.19. The van der Waals surface area contributed by atoms with Gasteiger partial charge in [0, 0.05) is 24.4 Å². The highest BCUT2D eigenvalue weighted by Gasteiger charge is 2.35. The van der Waals surface area contributed by atoms with Crippen LogP contribution in [0.25, 0.3) is 0 Å². The number of Topliss-reactive ketones (excluding diaryl/α,β-unsaturated/α-hetero) is 1. The molecule has 0 aliphatic carbocycles. The maximum absolute atomic E-state index is 12.6. The molecule has 4 nitrogen and oxygen atoms in total. The zero-order valence-corrected chi connectivity index (χ0v) is 14.3. The van der Waals surface area contributed by atoms with Crippen molar-refractivity contribution in [3.05, 3.63) is 59.7 Å². The highest BCUT2D eigenvalue weighted by atomic mass is 16.5. The molecule has 1 heterocycles. The van der Waals surface area contributed by atoms with Gasteiger partial charge in [-0.05, 0) is 35.4 Å². The summed E-state index contributed by atoms with van der Waals surface area (Å²) < 4.78 is 10.6. The number of ether oxygens (including phenoxy) is 2. The second-order valence-electron chi connectivity index (χ2n) is 6.21. The quantitative estimate of drug-likeness (QED) is 0.931. The molecule has 1 fully saturated rings. The Morgan fingerprint density at radius 3 is 2.17 bits per heavy atom. The lowest BCUT2D eigenvalue weighted by molar-refractivity contribution is -0.126. The zero-order valence-electron chi connectivity index (χ0n) is 14.3. The van der Waals surface area contributed by atoms with Gasteiger partial charge in [-0.3, -0.25) is 4.79 Å². The van der Waals surface area contributed by atoms with Gasteiger partial charge in [0.05, 0.1) is 14.2 Å². The fraction of sp³-hybridized carbons (Fsp3) is 0.350. The average molecular weight is 325 g/mol. The Hall–Kier alpha value is -2.33. The van der Waals surface area contributed by atoms with Crippen molar-refractivity contribution >= 4 is 5.78 Å². The highest BCUT2D eigenvalue weighted by molar-refractivity contribution is 5.83. The van der Waals surface area contributed by atoms with Gasteiger partial charge in [0.2, 0.25) is 0 Å². The van der Waals surface area contributed by atoms with Crippen LogP contribution in [0.1, 0.15) is 36.6 Å². The maximum atomic E-state index is 12.6. The van der Waals surface area contributed by atoms with Crippen molar-refractivity contribution in [2.45, 2.75) is 25.4 Å². The third-order valence-corrected chi connectivity index (χ3v) is 4.74. The fourth-order valence-electron chi connectivity index (χ4n) is 3.29. The summed E-state index contributed by atoms with van der Waals surface area (Å²) in [5, 5.41) is 3.64. The van der Waals surface area contributed by atoms with Gasteiger partial charge in [0.15, 0.2) is 0 Å². The van der Waals surface area contributed by atoms with Gasteiger partial charge >= 0.3 is 0 Å². The number of hydrogen-bond donors (Lipinski definition) is 1. The predicted octanol–water partition coefficient (Wildman–Crippen LogP) is 3.68. The third-order valence-electron chi connectivity index (χ3n) is 4.74. The first-order chi connectivity index (χ1) is 11.6. The number of carbonyl (C=O) groups excluding carboxylic acids is 1. The van der Waals surface area contributed by atoms with Crippen LogP contribution in [0.2, 0.25) is 0 Å². The van der Waals surface area contributed by atoms with E-state index in [9.17, 15) is 4.79 Å². The molecule has 24 heavy (non-hydrogen) atoms. The van der Waals surface area contributed by atoms with Gasteiger partial charge in [-0.1, -0.05) is 31.2 Å². The number of piperidine rings is 1. The minimum atomic E-state index is -0.0704. The third kappa shape index (κ3) is 3.29. The standard InChI is InChI=1S/C20H23NO3/c1-13-19(22)12-18(14-6-4-8-16(10-14)23-2)21-20(13)15-7-5-9-17(11-15)24-3/h4-11,13,18,20-21H,12H2,1-3H3/t13-,18+,20-/m0/s1. The monoisotopic (exact) mass is 325 g/mol. The lowest BCUT2D eigenvalue weighted by Gasteiger charge is -2.35. The molecule has 0 bridgehead atoms. The predicted molar refractivity (Wildman–Crippen MR) is 93.4 cm³/mol. The molecule has 3 rings (SSSR count).